The first-order valence-corrected chi connectivity index (χ1v) is 7.86. The first kappa shape index (κ1) is 15.1. The second-order valence-corrected chi connectivity index (χ2v) is 6.65. The van der Waals surface area contributed by atoms with E-state index < -0.39 is 0 Å². The molecule has 0 spiro atoms. The average molecular weight is 306 g/mol. The van der Waals surface area contributed by atoms with Gasteiger partial charge in [-0.25, -0.2) is 0 Å². The van der Waals surface area contributed by atoms with Crippen molar-refractivity contribution in [2.24, 2.45) is 17.8 Å². The van der Waals surface area contributed by atoms with Crippen LogP contribution in [0.15, 0.2) is 10.6 Å². The summed E-state index contributed by atoms with van der Waals surface area (Å²) in [7, 11) is 1.40. The van der Waals surface area contributed by atoms with E-state index in [1.807, 2.05) is 13.8 Å². The van der Waals surface area contributed by atoms with Crippen molar-refractivity contribution in [3.8, 4) is 0 Å². The second-order valence-electron chi connectivity index (χ2n) is 6.65. The Labute approximate surface area is 129 Å². The zero-order valence-corrected chi connectivity index (χ0v) is 13.2. The summed E-state index contributed by atoms with van der Waals surface area (Å²) in [5.41, 5.74) is 0.273. The van der Waals surface area contributed by atoms with Gasteiger partial charge in [0.1, 0.15) is 5.76 Å². The SMILES string of the molecule is COC(=O)[C@@H]1[C@H]2CC[C@@H](C2)[C@H]1NC(=O)c1cc(C(C)C)on1. The molecule has 6 nitrogen and oxygen atoms in total. The molecule has 0 aliphatic heterocycles. The lowest BCUT2D eigenvalue weighted by molar-refractivity contribution is -0.148. The zero-order chi connectivity index (χ0) is 15.9. The molecule has 22 heavy (non-hydrogen) atoms. The van der Waals surface area contributed by atoms with Crippen LogP contribution in [0.2, 0.25) is 0 Å². The molecule has 120 valence electrons. The Morgan fingerprint density at radius 1 is 1.36 bits per heavy atom. The van der Waals surface area contributed by atoms with Crippen LogP contribution in [0.4, 0.5) is 0 Å². The maximum atomic E-state index is 12.4. The van der Waals surface area contributed by atoms with Gasteiger partial charge < -0.3 is 14.6 Å². The third-order valence-corrected chi connectivity index (χ3v) is 5.02. The number of ether oxygens (including phenoxy) is 1. The highest BCUT2D eigenvalue weighted by Crippen LogP contribution is 2.49. The van der Waals surface area contributed by atoms with Gasteiger partial charge in [0.2, 0.25) is 0 Å². The fourth-order valence-corrected chi connectivity index (χ4v) is 3.87. The van der Waals surface area contributed by atoms with Gasteiger partial charge in [-0.2, -0.15) is 0 Å². The van der Waals surface area contributed by atoms with Gasteiger partial charge in [-0.3, -0.25) is 9.59 Å². The van der Waals surface area contributed by atoms with Crippen LogP contribution in [0.1, 0.15) is 55.3 Å². The third-order valence-electron chi connectivity index (χ3n) is 5.02. The van der Waals surface area contributed by atoms with Crippen LogP contribution in [0.3, 0.4) is 0 Å². The predicted molar refractivity (Wildman–Crippen MR) is 78.2 cm³/mol. The van der Waals surface area contributed by atoms with Crippen molar-refractivity contribution < 1.29 is 18.8 Å². The Balaban J connectivity index is 1.73. The van der Waals surface area contributed by atoms with Crippen LogP contribution in [-0.4, -0.2) is 30.2 Å². The smallest absolute Gasteiger partial charge is 0.311 e. The van der Waals surface area contributed by atoms with Gasteiger partial charge in [0.15, 0.2) is 5.69 Å². The van der Waals surface area contributed by atoms with Crippen molar-refractivity contribution >= 4 is 11.9 Å². The van der Waals surface area contributed by atoms with Gasteiger partial charge in [-0.15, -0.1) is 0 Å². The molecular formula is C16H22N2O4. The molecule has 2 aliphatic rings. The first-order chi connectivity index (χ1) is 10.5. The van der Waals surface area contributed by atoms with Gasteiger partial charge in [0, 0.05) is 18.0 Å². The molecule has 1 amide bonds. The number of hydrogen-bond acceptors (Lipinski definition) is 5. The lowest BCUT2D eigenvalue weighted by Crippen LogP contribution is -2.47. The van der Waals surface area contributed by atoms with E-state index in [-0.39, 0.29) is 35.4 Å². The zero-order valence-electron chi connectivity index (χ0n) is 13.2. The van der Waals surface area contributed by atoms with Crippen LogP contribution >= 0.6 is 0 Å². The van der Waals surface area contributed by atoms with E-state index in [0.717, 1.165) is 19.3 Å². The number of methoxy groups -OCH3 is 1. The molecule has 0 aromatic carbocycles. The molecule has 0 saturated heterocycles. The quantitative estimate of drug-likeness (QED) is 0.862. The maximum absolute atomic E-state index is 12.4. The Morgan fingerprint density at radius 2 is 2.09 bits per heavy atom. The minimum absolute atomic E-state index is 0.155. The van der Waals surface area contributed by atoms with Gasteiger partial charge in [-0.05, 0) is 31.1 Å². The Bertz CT molecular complexity index is 580. The predicted octanol–water partition coefficient (Wildman–Crippen LogP) is 2.12. The topological polar surface area (TPSA) is 81.4 Å². The number of carbonyl (C=O) groups excluding carboxylic acids is 2. The van der Waals surface area contributed by atoms with Gasteiger partial charge in [0.05, 0.1) is 13.0 Å². The fraction of sp³-hybridized carbons (Fsp3) is 0.688. The van der Waals surface area contributed by atoms with Gasteiger partial charge >= 0.3 is 5.97 Å². The lowest BCUT2D eigenvalue weighted by atomic mass is 9.84. The second kappa shape index (κ2) is 5.74. The summed E-state index contributed by atoms with van der Waals surface area (Å²) in [5.74, 6) is 0.814. The fourth-order valence-electron chi connectivity index (χ4n) is 3.87. The molecule has 4 atom stereocenters. The van der Waals surface area contributed by atoms with Crippen LogP contribution in [0.25, 0.3) is 0 Å². The van der Waals surface area contributed by atoms with Crippen molar-refractivity contribution in [3.63, 3.8) is 0 Å². The number of carbonyl (C=O) groups is 2. The summed E-state index contributed by atoms with van der Waals surface area (Å²) >= 11 is 0. The molecule has 3 rings (SSSR count). The monoisotopic (exact) mass is 306 g/mol. The lowest BCUT2D eigenvalue weighted by Gasteiger charge is -2.29. The maximum Gasteiger partial charge on any atom is 0.311 e. The van der Waals surface area contributed by atoms with Crippen LogP contribution in [0, 0.1) is 17.8 Å². The van der Waals surface area contributed by atoms with Crippen molar-refractivity contribution in [2.45, 2.75) is 45.1 Å². The van der Waals surface area contributed by atoms with Crippen LogP contribution in [0.5, 0.6) is 0 Å². The third kappa shape index (κ3) is 2.51. The summed E-state index contributed by atoms with van der Waals surface area (Å²) in [4.78, 5) is 24.4. The number of aromatic nitrogens is 1. The summed E-state index contributed by atoms with van der Waals surface area (Å²) in [6.07, 6.45) is 3.08. The number of fused-ring (bicyclic) bond motifs is 2. The summed E-state index contributed by atoms with van der Waals surface area (Å²) in [6.45, 7) is 3.96. The molecule has 1 aromatic rings. The highest BCUT2D eigenvalue weighted by atomic mass is 16.5. The molecule has 2 aliphatic carbocycles. The number of amides is 1. The van der Waals surface area contributed by atoms with E-state index in [1.165, 1.54) is 7.11 Å². The molecule has 0 radical (unpaired) electrons. The molecule has 6 heteroatoms. The molecule has 2 saturated carbocycles. The van der Waals surface area contributed by atoms with E-state index in [2.05, 4.69) is 10.5 Å². The molecule has 0 unspecified atom stereocenters. The first-order valence-electron chi connectivity index (χ1n) is 7.86. The number of esters is 1. The number of rotatable bonds is 4. The minimum atomic E-state index is -0.276. The van der Waals surface area contributed by atoms with E-state index in [0.29, 0.717) is 17.6 Å². The van der Waals surface area contributed by atoms with Crippen molar-refractivity contribution in [3.05, 3.63) is 17.5 Å². The highest BCUT2D eigenvalue weighted by Gasteiger charge is 2.52. The minimum Gasteiger partial charge on any atom is -0.469 e. The van der Waals surface area contributed by atoms with Crippen LogP contribution in [-0.2, 0) is 9.53 Å². The molecule has 1 heterocycles. The molecule has 1 aromatic heterocycles. The van der Waals surface area contributed by atoms with E-state index in [9.17, 15) is 9.59 Å². The Hall–Kier alpha value is -1.85. The molecular weight excluding hydrogens is 284 g/mol. The largest absolute Gasteiger partial charge is 0.469 e. The highest BCUT2D eigenvalue weighted by molar-refractivity contribution is 5.93. The number of nitrogens with one attached hydrogen (secondary N) is 1. The van der Waals surface area contributed by atoms with Crippen molar-refractivity contribution in [1.29, 1.82) is 0 Å². The average Bonchev–Trinajstić information content (AvgIpc) is 3.21. The molecule has 1 N–H and O–H groups in total. The Morgan fingerprint density at radius 3 is 2.73 bits per heavy atom. The van der Waals surface area contributed by atoms with E-state index in [1.54, 1.807) is 6.07 Å². The van der Waals surface area contributed by atoms with Crippen molar-refractivity contribution in [1.82, 2.24) is 10.5 Å². The number of hydrogen-bond donors (Lipinski definition) is 1. The van der Waals surface area contributed by atoms with Crippen LogP contribution < -0.4 is 5.32 Å². The van der Waals surface area contributed by atoms with E-state index in [4.69, 9.17) is 9.26 Å². The summed E-state index contributed by atoms with van der Waals surface area (Å²) < 4.78 is 10.1. The molecule has 2 fully saturated rings. The normalized spacial score (nSPS) is 29.8. The standard InChI is InChI=1S/C16H22N2O4/c1-8(2)12-7-11(18-22-12)15(19)17-14-10-5-4-9(6-10)13(14)16(20)21-3/h7-10,13-14H,4-6H2,1-3H3,(H,17,19)/t9-,10-,13+,14+/m0/s1. The van der Waals surface area contributed by atoms with Gasteiger partial charge in [-0.1, -0.05) is 19.0 Å². The number of nitrogens with zero attached hydrogens (tertiary/aromatic N) is 1. The van der Waals surface area contributed by atoms with E-state index >= 15 is 0 Å². The van der Waals surface area contributed by atoms with Gasteiger partial charge in [0.25, 0.3) is 5.91 Å². The van der Waals surface area contributed by atoms with Crippen molar-refractivity contribution in [2.75, 3.05) is 7.11 Å². The summed E-state index contributed by atoms with van der Waals surface area (Å²) in [6, 6.07) is 1.51. The Kier molecular flexibility index (Phi) is 3.93. The molecule has 2 bridgehead atoms. The summed E-state index contributed by atoms with van der Waals surface area (Å²) in [5, 5.41) is 6.81.